The largest absolute Gasteiger partial charge is 0.480 e. The van der Waals surface area contributed by atoms with Crippen molar-refractivity contribution < 1.29 is 29.0 Å². The van der Waals surface area contributed by atoms with Crippen LogP contribution in [0.3, 0.4) is 0 Å². The highest BCUT2D eigenvalue weighted by Crippen LogP contribution is 2.30. The van der Waals surface area contributed by atoms with Gasteiger partial charge in [-0.25, -0.2) is 4.79 Å². The summed E-state index contributed by atoms with van der Waals surface area (Å²) in [6.45, 7) is 7.19. The van der Waals surface area contributed by atoms with Gasteiger partial charge in [0.2, 0.25) is 5.91 Å². The Bertz CT molecular complexity index is 597. The summed E-state index contributed by atoms with van der Waals surface area (Å²) >= 11 is 0. The van der Waals surface area contributed by atoms with Crippen LogP contribution in [0.5, 0.6) is 0 Å². The van der Waals surface area contributed by atoms with Crippen molar-refractivity contribution in [2.45, 2.75) is 71.6 Å². The monoisotopic (exact) mass is 382 g/mol. The molecule has 0 radical (unpaired) electrons. The van der Waals surface area contributed by atoms with Gasteiger partial charge in [0.25, 0.3) is 5.91 Å². The summed E-state index contributed by atoms with van der Waals surface area (Å²) in [7, 11) is 0. The van der Waals surface area contributed by atoms with Gasteiger partial charge in [0.05, 0.1) is 0 Å². The van der Waals surface area contributed by atoms with Crippen LogP contribution in [0.15, 0.2) is 0 Å². The number of nitrogens with one attached hydrogen (secondary N) is 2. The molecule has 8 nitrogen and oxygen atoms in total. The molecule has 1 aliphatic carbocycles. The molecule has 2 aliphatic rings. The third-order valence-corrected chi connectivity index (χ3v) is 5.50. The molecule has 2 rings (SSSR count). The van der Waals surface area contributed by atoms with Crippen molar-refractivity contribution in [3.63, 3.8) is 0 Å². The van der Waals surface area contributed by atoms with E-state index in [9.17, 15) is 24.3 Å². The molecule has 0 bridgehead atoms. The van der Waals surface area contributed by atoms with E-state index in [-0.39, 0.29) is 17.8 Å². The van der Waals surface area contributed by atoms with E-state index in [1.807, 2.05) is 13.8 Å². The molecule has 1 saturated heterocycles. The lowest BCUT2D eigenvalue weighted by Crippen LogP contribution is -2.61. The first-order chi connectivity index (χ1) is 12.6. The zero-order chi connectivity index (χ0) is 20.3. The number of aliphatic carboxylic acids is 1. The number of hydrogen-bond acceptors (Lipinski definition) is 5. The van der Waals surface area contributed by atoms with E-state index < -0.39 is 47.9 Å². The number of amides is 2. The van der Waals surface area contributed by atoms with Crippen molar-refractivity contribution in [2.75, 3.05) is 0 Å². The molecule has 0 aromatic rings. The van der Waals surface area contributed by atoms with Crippen molar-refractivity contribution >= 4 is 23.8 Å². The van der Waals surface area contributed by atoms with E-state index in [4.69, 9.17) is 4.74 Å². The molecule has 2 fully saturated rings. The zero-order valence-electron chi connectivity index (χ0n) is 16.4. The average Bonchev–Trinajstić information content (AvgIpc) is 3.07. The van der Waals surface area contributed by atoms with Crippen molar-refractivity contribution in [2.24, 2.45) is 23.7 Å². The normalized spacial score (nSPS) is 24.9. The van der Waals surface area contributed by atoms with Crippen molar-refractivity contribution in [1.29, 1.82) is 0 Å². The summed E-state index contributed by atoms with van der Waals surface area (Å²) in [5.41, 5.74) is 0. The number of carboxylic acid groups (broad SMARTS) is 1. The van der Waals surface area contributed by atoms with E-state index in [0.717, 1.165) is 25.7 Å². The van der Waals surface area contributed by atoms with Crippen molar-refractivity contribution in [3.8, 4) is 0 Å². The van der Waals surface area contributed by atoms with Gasteiger partial charge in [-0.05, 0) is 30.6 Å². The fourth-order valence-corrected chi connectivity index (χ4v) is 3.85. The summed E-state index contributed by atoms with van der Waals surface area (Å²) in [5.74, 6) is -3.43. The summed E-state index contributed by atoms with van der Waals surface area (Å²) in [6.07, 6.45) is 2.54. The van der Waals surface area contributed by atoms with Gasteiger partial charge in [-0.1, -0.05) is 40.5 Å². The number of carbonyl (C=O) groups is 4. The van der Waals surface area contributed by atoms with Gasteiger partial charge in [0.1, 0.15) is 18.0 Å². The zero-order valence-corrected chi connectivity index (χ0v) is 16.4. The number of esters is 1. The molecular formula is C19H30N2O6. The van der Waals surface area contributed by atoms with Crippen molar-refractivity contribution in [1.82, 2.24) is 10.6 Å². The van der Waals surface area contributed by atoms with Gasteiger partial charge < -0.3 is 20.5 Å². The molecule has 1 saturated carbocycles. The minimum atomic E-state index is -1.06. The van der Waals surface area contributed by atoms with E-state index in [0.29, 0.717) is 0 Å². The second-order valence-electron chi connectivity index (χ2n) is 8.23. The fourth-order valence-electron chi connectivity index (χ4n) is 3.85. The van der Waals surface area contributed by atoms with Crippen LogP contribution in [0.4, 0.5) is 0 Å². The first kappa shape index (κ1) is 21.2. The molecule has 1 heterocycles. The summed E-state index contributed by atoms with van der Waals surface area (Å²) in [4.78, 5) is 48.4. The highest BCUT2D eigenvalue weighted by Gasteiger charge is 2.49. The summed E-state index contributed by atoms with van der Waals surface area (Å²) < 4.78 is 4.96. The van der Waals surface area contributed by atoms with Crippen LogP contribution >= 0.6 is 0 Å². The molecule has 0 aromatic carbocycles. The predicted molar refractivity (Wildman–Crippen MR) is 96.5 cm³/mol. The van der Waals surface area contributed by atoms with Gasteiger partial charge in [-0.15, -0.1) is 0 Å². The standard InChI is InChI=1S/C19H30N2O6/c1-9(2)12-15(27-19(12)26)17(23)20-13(10(3)4)16(22)21-14(18(24)25)11-7-5-6-8-11/h9-15H,5-8H2,1-4H3,(H,20,23)(H,21,22)(H,24,25)/t12-,13-,14-,15+/m0/s1. The van der Waals surface area contributed by atoms with Gasteiger partial charge in [0.15, 0.2) is 6.10 Å². The van der Waals surface area contributed by atoms with Crippen LogP contribution in [0.2, 0.25) is 0 Å². The molecule has 0 spiro atoms. The average molecular weight is 382 g/mol. The number of hydrogen-bond donors (Lipinski definition) is 3. The van der Waals surface area contributed by atoms with Crippen LogP contribution < -0.4 is 10.6 Å². The molecule has 4 atom stereocenters. The maximum atomic E-state index is 12.7. The molecule has 8 heteroatoms. The van der Waals surface area contributed by atoms with Crippen LogP contribution in [0.25, 0.3) is 0 Å². The lowest BCUT2D eigenvalue weighted by atomic mass is 9.85. The molecule has 152 valence electrons. The van der Waals surface area contributed by atoms with Crippen LogP contribution in [-0.4, -0.2) is 47.0 Å². The third kappa shape index (κ3) is 4.78. The first-order valence-corrected chi connectivity index (χ1v) is 9.67. The number of cyclic esters (lactones) is 1. The molecule has 1 aliphatic heterocycles. The van der Waals surface area contributed by atoms with E-state index >= 15 is 0 Å². The minimum absolute atomic E-state index is 0.0490. The molecule has 0 aromatic heterocycles. The Hall–Kier alpha value is -2.12. The molecule has 3 N–H and O–H groups in total. The Morgan fingerprint density at radius 3 is 2.11 bits per heavy atom. The third-order valence-electron chi connectivity index (χ3n) is 5.50. The Labute approximate surface area is 159 Å². The Balaban J connectivity index is 2.03. The lowest BCUT2D eigenvalue weighted by Gasteiger charge is -2.37. The summed E-state index contributed by atoms with van der Waals surface area (Å²) in [6, 6.07) is -1.85. The second-order valence-corrected chi connectivity index (χ2v) is 8.23. The van der Waals surface area contributed by atoms with Crippen molar-refractivity contribution in [3.05, 3.63) is 0 Å². The van der Waals surface area contributed by atoms with E-state index in [1.54, 1.807) is 13.8 Å². The van der Waals surface area contributed by atoms with Gasteiger partial charge in [-0.2, -0.15) is 0 Å². The number of ether oxygens (including phenoxy) is 1. The second kappa shape index (κ2) is 8.71. The Morgan fingerprint density at radius 2 is 1.67 bits per heavy atom. The predicted octanol–water partition coefficient (Wildman–Crippen LogP) is 1.08. The number of carboxylic acids is 1. The maximum Gasteiger partial charge on any atom is 0.326 e. The van der Waals surface area contributed by atoms with Gasteiger partial charge >= 0.3 is 11.9 Å². The Morgan fingerprint density at radius 1 is 1.07 bits per heavy atom. The lowest BCUT2D eigenvalue weighted by molar-refractivity contribution is -0.193. The topological polar surface area (TPSA) is 122 Å². The quantitative estimate of drug-likeness (QED) is 0.540. The van der Waals surface area contributed by atoms with Crippen LogP contribution in [-0.2, 0) is 23.9 Å². The molecule has 0 unspecified atom stereocenters. The van der Waals surface area contributed by atoms with Crippen LogP contribution in [0.1, 0.15) is 53.4 Å². The highest BCUT2D eigenvalue weighted by molar-refractivity contribution is 5.97. The highest BCUT2D eigenvalue weighted by atomic mass is 16.6. The minimum Gasteiger partial charge on any atom is -0.480 e. The van der Waals surface area contributed by atoms with Gasteiger partial charge in [-0.3, -0.25) is 14.4 Å². The number of rotatable bonds is 8. The molecular weight excluding hydrogens is 352 g/mol. The van der Waals surface area contributed by atoms with E-state index in [2.05, 4.69) is 10.6 Å². The SMILES string of the molecule is CC(C)[C@H](NC(=O)[C@@H]1OC(=O)[C@H]1C(C)C)C(=O)N[C@H](C(=O)O)C1CCCC1. The summed E-state index contributed by atoms with van der Waals surface area (Å²) in [5, 5.41) is 14.7. The smallest absolute Gasteiger partial charge is 0.326 e. The first-order valence-electron chi connectivity index (χ1n) is 9.67. The maximum absolute atomic E-state index is 12.7. The molecule has 2 amide bonds. The number of carbonyl (C=O) groups excluding carboxylic acids is 3. The van der Waals surface area contributed by atoms with Crippen LogP contribution in [0, 0.1) is 23.7 Å². The fraction of sp³-hybridized carbons (Fsp3) is 0.789. The molecule has 27 heavy (non-hydrogen) atoms. The Kier molecular flexibility index (Phi) is 6.84. The van der Waals surface area contributed by atoms with E-state index in [1.165, 1.54) is 0 Å². The van der Waals surface area contributed by atoms with Gasteiger partial charge in [0, 0.05) is 0 Å².